The van der Waals surface area contributed by atoms with E-state index in [2.05, 4.69) is 64.3 Å². The Morgan fingerprint density at radius 1 is 0.867 bits per heavy atom. The minimum atomic E-state index is -4.52. The van der Waals surface area contributed by atoms with Crippen LogP contribution in [0.15, 0.2) is 109 Å². The minimum Gasteiger partial charge on any atom is -0.493 e. The summed E-state index contributed by atoms with van der Waals surface area (Å²) in [5.74, 6) is 0.849. The van der Waals surface area contributed by atoms with E-state index >= 15 is 0 Å². The normalized spacial score (nSPS) is 12.0. The van der Waals surface area contributed by atoms with Gasteiger partial charge in [0.2, 0.25) is 0 Å². The number of rotatable bonds is 15. The van der Waals surface area contributed by atoms with E-state index < -0.39 is 11.7 Å². The second kappa shape index (κ2) is 15.5. The quantitative estimate of drug-likeness (QED) is 0.117. The zero-order valence-electron chi connectivity index (χ0n) is 25.4. The number of likely N-dealkylation sites (N-methyl/N-ethyl adjacent to an activating group) is 1. The van der Waals surface area contributed by atoms with Gasteiger partial charge in [0.25, 0.3) is 0 Å². The molecular formula is C37H39ClF3N3O. The number of hydrogen-bond donors (Lipinski definition) is 1. The molecule has 1 aromatic heterocycles. The number of aromatic nitrogens is 1. The first kappa shape index (κ1) is 32.6. The topological polar surface area (TPSA) is 29.4 Å². The highest BCUT2D eigenvalue weighted by atomic mass is 35.5. The standard InChI is InChI=1S/C37H39ClF3N3O/c1-2-42-21-24-44-23-20-31-34(44)18-10-19-35(31)45-25-11-22-43(26-30-16-9-17-33(36(30)38)37(39,40)41)27-32(28-12-5-3-6-13-28)29-14-7-4-8-15-29/h3-10,12-20,23,32,42H,2,11,21-22,24-27H2,1H3. The summed E-state index contributed by atoms with van der Waals surface area (Å²) in [6, 6.07) is 32.8. The molecule has 1 heterocycles. The van der Waals surface area contributed by atoms with E-state index in [0.717, 1.165) is 53.5 Å². The van der Waals surface area contributed by atoms with Gasteiger partial charge in [-0.05, 0) is 53.9 Å². The van der Waals surface area contributed by atoms with Crippen LogP contribution in [0.5, 0.6) is 5.75 Å². The van der Waals surface area contributed by atoms with E-state index in [-0.39, 0.29) is 17.5 Å². The van der Waals surface area contributed by atoms with Crippen LogP contribution >= 0.6 is 11.6 Å². The molecule has 0 aliphatic rings. The van der Waals surface area contributed by atoms with Crippen LogP contribution in [-0.4, -0.2) is 42.3 Å². The highest BCUT2D eigenvalue weighted by Crippen LogP contribution is 2.37. The zero-order valence-corrected chi connectivity index (χ0v) is 26.2. The molecule has 236 valence electrons. The molecule has 1 N–H and O–H groups in total. The van der Waals surface area contributed by atoms with Crippen molar-refractivity contribution in [3.63, 3.8) is 0 Å². The van der Waals surface area contributed by atoms with Crippen LogP contribution in [0, 0.1) is 0 Å². The fraction of sp³-hybridized carbons (Fsp3) is 0.297. The van der Waals surface area contributed by atoms with Crippen molar-refractivity contribution in [1.82, 2.24) is 14.8 Å². The average Bonchev–Trinajstić information content (AvgIpc) is 3.46. The molecule has 4 nitrogen and oxygen atoms in total. The number of halogens is 4. The van der Waals surface area contributed by atoms with E-state index in [4.69, 9.17) is 16.3 Å². The molecule has 0 bridgehead atoms. The van der Waals surface area contributed by atoms with Gasteiger partial charge in [0.05, 0.1) is 22.7 Å². The Bertz CT molecular complexity index is 1600. The molecule has 0 aliphatic carbocycles. The summed E-state index contributed by atoms with van der Waals surface area (Å²) >= 11 is 6.37. The van der Waals surface area contributed by atoms with Crippen molar-refractivity contribution in [1.29, 1.82) is 0 Å². The summed E-state index contributed by atoms with van der Waals surface area (Å²) in [7, 11) is 0. The third kappa shape index (κ3) is 8.48. The van der Waals surface area contributed by atoms with E-state index in [1.54, 1.807) is 6.07 Å². The predicted molar refractivity (Wildman–Crippen MR) is 177 cm³/mol. The van der Waals surface area contributed by atoms with Crippen molar-refractivity contribution in [2.75, 3.05) is 32.8 Å². The summed E-state index contributed by atoms with van der Waals surface area (Å²) in [6.07, 6.45) is -1.75. The molecule has 0 fully saturated rings. The molecule has 45 heavy (non-hydrogen) atoms. The van der Waals surface area contributed by atoms with Gasteiger partial charge < -0.3 is 14.6 Å². The lowest BCUT2D eigenvalue weighted by molar-refractivity contribution is -0.137. The molecule has 0 radical (unpaired) electrons. The molecule has 5 rings (SSSR count). The highest BCUT2D eigenvalue weighted by molar-refractivity contribution is 6.32. The molecule has 0 spiro atoms. The smallest absolute Gasteiger partial charge is 0.417 e. The summed E-state index contributed by atoms with van der Waals surface area (Å²) in [6.45, 7) is 6.76. The van der Waals surface area contributed by atoms with Gasteiger partial charge in [-0.2, -0.15) is 13.2 Å². The lowest BCUT2D eigenvalue weighted by atomic mass is 9.90. The van der Waals surface area contributed by atoms with Gasteiger partial charge in [-0.1, -0.05) is 97.4 Å². The molecule has 0 saturated carbocycles. The maximum atomic E-state index is 13.7. The largest absolute Gasteiger partial charge is 0.493 e. The van der Waals surface area contributed by atoms with Crippen LogP contribution in [0.2, 0.25) is 5.02 Å². The third-order valence-electron chi connectivity index (χ3n) is 8.05. The summed E-state index contributed by atoms with van der Waals surface area (Å²) < 4.78 is 49.6. The van der Waals surface area contributed by atoms with Crippen molar-refractivity contribution < 1.29 is 17.9 Å². The van der Waals surface area contributed by atoms with Crippen molar-refractivity contribution in [2.24, 2.45) is 0 Å². The maximum absolute atomic E-state index is 13.7. The molecule has 0 amide bonds. The summed E-state index contributed by atoms with van der Waals surface area (Å²) in [4.78, 5) is 2.19. The van der Waals surface area contributed by atoms with Crippen molar-refractivity contribution in [3.05, 3.63) is 137 Å². The van der Waals surface area contributed by atoms with Gasteiger partial charge in [0.15, 0.2) is 0 Å². The van der Waals surface area contributed by atoms with E-state index in [1.165, 1.54) is 6.07 Å². The maximum Gasteiger partial charge on any atom is 0.417 e. The lowest BCUT2D eigenvalue weighted by Crippen LogP contribution is -2.31. The van der Waals surface area contributed by atoms with Crippen LogP contribution in [0.4, 0.5) is 13.2 Å². The Balaban J connectivity index is 1.34. The summed E-state index contributed by atoms with van der Waals surface area (Å²) in [5, 5.41) is 4.18. The number of alkyl halides is 3. The fourth-order valence-corrected chi connectivity index (χ4v) is 6.08. The molecule has 4 aromatic carbocycles. The number of ether oxygens (including phenoxy) is 1. The van der Waals surface area contributed by atoms with Crippen LogP contribution in [0.25, 0.3) is 10.9 Å². The van der Waals surface area contributed by atoms with Gasteiger partial charge in [0.1, 0.15) is 5.75 Å². The SMILES string of the molecule is CCNCCn1ccc2c(OCCCN(Cc3cccc(C(F)(F)F)c3Cl)CC(c3ccccc3)c3ccccc3)cccc21. The Hall–Kier alpha value is -3.78. The zero-order chi connectivity index (χ0) is 31.6. The Morgan fingerprint density at radius 3 is 2.22 bits per heavy atom. The van der Waals surface area contributed by atoms with E-state index in [9.17, 15) is 13.2 Å². The van der Waals surface area contributed by atoms with Crippen LogP contribution < -0.4 is 10.1 Å². The van der Waals surface area contributed by atoms with Crippen LogP contribution in [0.3, 0.4) is 0 Å². The molecule has 5 aromatic rings. The van der Waals surface area contributed by atoms with E-state index in [1.807, 2.05) is 48.5 Å². The first-order valence-electron chi connectivity index (χ1n) is 15.4. The van der Waals surface area contributed by atoms with Crippen molar-refractivity contribution in [2.45, 2.75) is 38.5 Å². The molecule has 0 saturated heterocycles. The number of fused-ring (bicyclic) bond motifs is 1. The van der Waals surface area contributed by atoms with Crippen LogP contribution in [0.1, 0.15) is 41.5 Å². The second-order valence-corrected chi connectivity index (χ2v) is 11.5. The lowest BCUT2D eigenvalue weighted by Gasteiger charge is -2.29. The van der Waals surface area contributed by atoms with Crippen molar-refractivity contribution >= 4 is 22.5 Å². The molecule has 0 unspecified atom stereocenters. The molecular weight excluding hydrogens is 595 g/mol. The second-order valence-electron chi connectivity index (χ2n) is 11.1. The minimum absolute atomic E-state index is 0.0219. The van der Waals surface area contributed by atoms with Gasteiger partial charge in [-0.15, -0.1) is 0 Å². The van der Waals surface area contributed by atoms with Gasteiger partial charge in [-0.25, -0.2) is 0 Å². The van der Waals surface area contributed by atoms with Crippen LogP contribution in [-0.2, 0) is 19.3 Å². The first-order valence-corrected chi connectivity index (χ1v) is 15.8. The highest BCUT2D eigenvalue weighted by Gasteiger charge is 2.34. The number of nitrogens with one attached hydrogen (secondary N) is 1. The number of nitrogens with zero attached hydrogens (tertiary/aromatic N) is 2. The fourth-order valence-electron chi connectivity index (χ4n) is 5.79. The average molecular weight is 634 g/mol. The van der Waals surface area contributed by atoms with Gasteiger partial charge in [-0.3, -0.25) is 4.90 Å². The molecule has 0 aliphatic heterocycles. The predicted octanol–water partition coefficient (Wildman–Crippen LogP) is 9.03. The molecule has 0 atom stereocenters. The Morgan fingerprint density at radius 2 is 1.56 bits per heavy atom. The van der Waals surface area contributed by atoms with Crippen molar-refractivity contribution in [3.8, 4) is 5.75 Å². The third-order valence-corrected chi connectivity index (χ3v) is 8.50. The Labute approximate surface area is 268 Å². The number of benzene rings is 4. The van der Waals surface area contributed by atoms with Gasteiger partial charge >= 0.3 is 6.18 Å². The summed E-state index contributed by atoms with van der Waals surface area (Å²) in [5.41, 5.74) is 3.06. The first-order chi connectivity index (χ1) is 21.8. The molecule has 8 heteroatoms. The van der Waals surface area contributed by atoms with Gasteiger partial charge in [0, 0.05) is 50.2 Å². The monoisotopic (exact) mass is 633 g/mol. The van der Waals surface area contributed by atoms with E-state index in [0.29, 0.717) is 31.7 Å². The Kier molecular flexibility index (Phi) is 11.2. The number of hydrogen-bond acceptors (Lipinski definition) is 3.